The molecule has 0 aromatic carbocycles. The van der Waals surface area contributed by atoms with Crippen molar-refractivity contribution in [1.29, 1.82) is 0 Å². The molecule has 4 heterocycles. The van der Waals surface area contributed by atoms with Gasteiger partial charge in [-0.15, -0.1) is 0 Å². The summed E-state index contributed by atoms with van der Waals surface area (Å²) >= 11 is 0. The average molecular weight is 346 g/mol. The molecular formula is C18H30N6O. The van der Waals surface area contributed by atoms with E-state index in [1.807, 2.05) is 0 Å². The Hall–Kier alpha value is -1.44. The number of fused-ring (bicyclic) bond motifs is 1. The highest BCUT2D eigenvalue weighted by Gasteiger charge is 2.31. The van der Waals surface area contributed by atoms with E-state index in [4.69, 9.17) is 14.7 Å². The average Bonchev–Trinajstić information content (AvgIpc) is 2.67. The molecule has 7 heteroatoms. The quantitative estimate of drug-likeness (QED) is 0.781. The number of aryl methyl sites for hydroxylation is 1. The Bertz CT molecular complexity index is 591. The fraction of sp³-hybridized carbons (Fsp3) is 0.778. The van der Waals surface area contributed by atoms with Gasteiger partial charge in [0.15, 0.2) is 0 Å². The zero-order valence-corrected chi connectivity index (χ0v) is 15.5. The molecule has 4 rings (SSSR count). The van der Waals surface area contributed by atoms with Crippen LogP contribution in [0.25, 0.3) is 0 Å². The molecular weight excluding hydrogens is 316 g/mol. The third-order valence-corrected chi connectivity index (χ3v) is 5.63. The van der Waals surface area contributed by atoms with Crippen LogP contribution >= 0.6 is 0 Å². The number of morpholine rings is 1. The molecule has 3 saturated heterocycles. The van der Waals surface area contributed by atoms with Crippen LogP contribution in [0.2, 0.25) is 0 Å². The maximum Gasteiger partial charge on any atom is 0.227 e. The van der Waals surface area contributed by atoms with Crippen molar-refractivity contribution in [3.63, 3.8) is 0 Å². The maximum absolute atomic E-state index is 5.48. The number of rotatable bonds is 3. The second-order valence-corrected chi connectivity index (χ2v) is 7.37. The molecule has 3 aliphatic rings. The molecule has 0 unspecified atom stereocenters. The minimum Gasteiger partial charge on any atom is -0.378 e. The summed E-state index contributed by atoms with van der Waals surface area (Å²) in [5.74, 6) is 1.97. The Morgan fingerprint density at radius 2 is 1.80 bits per heavy atom. The van der Waals surface area contributed by atoms with E-state index in [1.165, 1.54) is 13.1 Å². The van der Waals surface area contributed by atoms with Crippen LogP contribution in [0, 0.1) is 0 Å². The van der Waals surface area contributed by atoms with Crippen molar-refractivity contribution in [2.45, 2.75) is 19.4 Å². The summed E-state index contributed by atoms with van der Waals surface area (Å²) in [7, 11) is 2.23. The van der Waals surface area contributed by atoms with Crippen molar-refractivity contribution in [3.8, 4) is 0 Å². The van der Waals surface area contributed by atoms with E-state index in [2.05, 4.69) is 39.6 Å². The minimum atomic E-state index is 0.611. The molecule has 0 spiro atoms. The summed E-state index contributed by atoms with van der Waals surface area (Å²) < 4.78 is 5.48. The zero-order chi connectivity index (χ0) is 17.2. The number of likely N-dealkylation sites (N-methyl/N-ethyl adjacent to an activating group) is 1. The molecule has 0 amide bonds. The Kier molecular flexibility index (Phi) is 5.05. The van der Waals surface area contributed by atoms with Crippen LogP contribution in [0.1, 0.15) is 12.6 Å². The summed E-state index contributed by atoms with van der Waals surface area (Å²) in [5, 5.41) is 0. The van der Waals surface area contributed by atoms with E-state index >= 15 is 0 Å². The summed E-state index contributed by atoms with van der Waals surface area (Å²) in [5.41, 5.74) is 1.13. The van der Waals surface area contributed by atoms with Crippen LogP contribution in [0.15, 0.2) is 6.07 Å². The molecule has 0 bridgehead atoms. The smallest absolute Gasteiger partial charge is 0.227 e. The molecule has 0 saturated carbocycles. The molecule has 1 aromatic rings. The van der Waals surface area contributed by atoms with E-state index in [9.17, 15) is 0 Å². The number of hydrogen-bond acceptors (Lipinski definition) is 7. The van der Waals surface area contributed by atoms with Gasteiger partial charge in [-0.3, -0.25) is 4.90 Å². The number of hydrogen-bond donors (Lipinski definition) is 0. The third kappa shape index (κ3) is 3.73. The number of ether oxygens (including phenoxy) is 1. The van der Waals surface area contributed by atoms with Crippen molar-refractivity contribution in [2.24, 2.45) is 0 Å². The van der Waals surface area contributed by atoms with Gasteiger partial charge in [0, 0.05) is 70.2 Å². The van der Waals surface area contributed by atoms with Gasteiger partial charge in [0.2, 0.25) is 5.95 Å². The SMILES string of the molecule is CCc1cc(N2CCN3CCN(C)C[C@H]3C2)nc(N2CCOCC2)n1. The van der Waals surface area contributed by atoms with Gasteiger partial charge in [-0.1, -0.05) is 6.92 Å². The maximum atomic E-state index is 5.48. The largest absolute Gasteiger partial charge is 0.378 e. The normalized spacial score (nSPS) is 25.9. The van der Waals surface area contributed by atoms with Gasteiger partial charge < -0.3 is 19.4 Å². The monoisotopic (exact) mass is 346 g/mol. The molecule has 3 fully saturated rings. The van der Waals surface area contributed by atoms with E-state index in [-0.39, 0.29) is 0 Å². The lowest BCUT2D eigenvalue weighted by Gasteiger charge is -2.47. The van der Waals surface area contributed by atoms with Gasteiger partial charge in [0.1, 0.15) is 5.82 Å². The molecule has 7 nitrogen and oxygen atoms in total. The first-order valence-electron chi connectivity index (χ1n) is 9.61. The highest BCUT2D eigenvalue weighted by Crippen LogP contribution is 2.23. The van der Waals surface area contributed by atoms with Crippen molar-refractivity contribution in [2.75, 3.05) is 82.4 Å². The van der Waals surface area contributed by atoms with Crippen molar-refractivity contribution in [1.82, 2.24) is 19.8 Å². The molecule has 0 N–H and O–H groups in total. The lowest BCUT2D eigenvalue weighted by atomic mass is 10.1. The molecule has 0 radical (unpaired) electrons. The standard InChI is InChI=1S/C18H30N6O/c1-3-15-12-17(20-18(19-15)23-8-10-25-11-9-23)24-7-6-22-5-4-21(2)13-16(22)14-24/h12,16H,3-11,13-14H2,1-2H3/t16-/m0/s1. The van der Waals surface area contributed by atoms with Crippen LogP contribution in [0.3, 0.4) is 0 Å². The molecule has 1 aromatic heterocycles. The summed E-state index contributed by atoms with van der Waals surface area (Å²) in [6, 6.07) is 2.80. The first-order valence-corrected chi connectivity index (χ1v) is 9.61. The highest BCUT2D eigenvalue weighted by atomic mass is 16.5. The molecule has 1 atom stereocenters. The number of aromatic nitrogens is 2. The zero-order valence-electron chi connectivity index (χ0n) is 15.5. The predicted molar refractivity (Wildman–Crippen MR) is 99.5 cm³/mol. The van der Waals surface area contributed by atoms with Gasteiger partial charge >= 0.3 is 0 Å². The van der Waals surface area contributed by atoms with E-state index < -0.39 is 0 Å². The van der Waals surface area contributed by atoms with E-state index in [1.54, 1.807) is 0 Å². The Balaban J connectivity index is 1.54. The summed E-state index contributed by atoms with van der Waals surface area (Å²) in [4.78, 5) is 19.5. The molecule has 0 aliphatic carbocycles. The molecule has 3 aliphatic heterocycles. The second kappa shape index (κ2) is 7.43. The van der Waals surface area contributed by atoms with Crippen LogP contribution in [-0.2, 0) is 11.2 Å². The number of nitrogens with zero attached hydrogens (tertiary/aromatic N) is 6. The lowest BCUT2D eigenvalue weighted by molar-refractivity contribution is 0.0804. The second-order valence-electron chi connectivity index (χ2n) is 7.37. The fourth-order valence-electron chi connectivity index (χ4n) is 4.04. The minimum absolute atomic E-state index is 0.611. The summed E-state index contributed by atoms with van der Waals surface area (Å²) in [6.07, 6.45) is 0.943. The van der Waals surface area contributed by atoms with Crippen molar-refractivity contribution < 1.29 is 4.74 Å². The number of piperazine rings is 2. The molecule has 138 valence electrons. The highest BCUT2D eigenvalue weighted by molar-refractivity contribution is 5.47. The summed E-state index contributed by atoms with van der Waals surface area (Å²) in [6.45, 7) is 12.3. The molecule has 25 heavy (non-hydrogen) atoms. The van der Waals surface area contributed by atoms with Crippen LogP contribution in [0.5, 0.6) is 0 Å². The topological polar surface area (TPSA) is 48.0 Å². The van der Waals surface area contributed by atoms with Crippen LogP contribution in [0.4, 0.5) is 11.8 Å². The van der Waals surface area contributed by atoms with Crippen molar-refractivity contribution in [3.05, 3.63) is 11.8 Å². The Morgan fingerprint density at radius 1 is 1.00 bits per heavy atom. The fourth-order valence-corrected chi connectivity index (χ4v) is 4.04. The lowest BCUT2D eigenvalue weighted by Crippen LogP contribution is -2.61. The van der Waals surface area contributed by atoms with Gasteiger partial charge in [-0.25, -0.2) is 4.98 Å². The van der Waals surface area contributed by atoms with Crippen LogP contribution in [-0.4, -0.2) is 98.4 Å². The van der Waals surface area contributed by atoms with Gasteiger partial charge in [-0.2, -0.15) is 4.98 Å². The Morgan fingerprint density at radius 3 is 2.60 bits per heavy atom. The third-order valence-electron chi connectivity index (χ3n) is 5.63. The first-order chi connectivity index (χ1) is 12.2. The first kappa shape index (κ1) is 17.0. The Labute approximate surface area is 150 Å². The van der Waals surface area contributed by atoms with Gasteiger partial charge in [0.25, 0.3) is 0 Å². The predicted octanol–water partition coefficient (Wildman–Crippen LogP) is 0.312. The van der Waals surface area contributed by atoms with Crippen LogP contribution < -0.4 is 9.80 Å². The van der Waals surface area contributed by atoms with Gasteiger partial charge in [0.05, 0.1) is 13.2 Å². The van der Waals surface area contributed by atoms with Gasteiger partial charge in [-0.05, 0) is 13.5 Å². The number of anilines is 2. The van der Waals surface area contributed by atoms with Crippen molar-refractivity contribution >= 4 is 11.8 Å². The van der Waals surface area contributed by atoms with E-state index in [0.717, 1.165) is 76.4 Å². The van der Waals surface area contributed by atoms with E-state index in [0.29, 0.717) is 6.04 Å².